The van der Waals surface area contributed by atoms with E-state index >= 15 is 0 Å². The van der Waals surface area contributed by atoms with E-state index in [-0.39, 0.29) is 24.3 Å². The lowest BCUT2D eigenvalue weighted by Crippen LogP contribution is -2.50. The highest BCUT2D eigenvalue weighted by Gasteiger charge is 2.28. The Morgan fingerprint density at radius 3 is 2.24 bits per heavy atom. The van der Waals surface area contributed by atoms with Crippen molar-refractivity contribution in [3.8, 4) is 0 Å². The van der Waals surface area contributed by atoms with E-state index in [0.717, 1.165) is 17.5 Å². The summed E-state index contributed by atoms with van der Waals surface area (Å²) in [7, 11) is 0. The number of hydrogen-bond donors (Lipinski definition) is 1. The first-order valence-corrected chi connectivity index (χ1v) is 10.6. The van der Waals surface area contributed by atoms with Crippen molar-refractivity contribution < 1.29 is 9.59 Å². The summed E-state index contributed by atoms with van der Waals surface area (Å²) >= 11 is 12.5. The molecule has 29 heavy (non-hydrogen) atoms. The van der Waals surface area contributed by atoms with E-state index in [4.69, 9.17) is 23.2 Å². The highest BCUT2D eigenvalue weighted by molar-refractivity contribution is 6.36. The molecule has 1 N–H and O–H groups in total. The van der Waals surface area contributed by atoms with Gasteiger partial charge in [0.1, 0.15) is 6.04 Å². The minimum atomic E-state index is -0.627. The average molecular weight is 435 g/mol. The maximum atomic E-state index is 13.3. The van der Waals surface area contributed by atoms with Crippen LogP contribution in [0.3, 0.4) is 0 Å². The molecule has 4 nitrogen and oxygen atoms in total. The van der Waals surface area contributed by atoms with Gasteiger partial charge in [-0.05, 0) is 56.0 Å². The molecule has 0 spiro atoms. The van der Waals surface area contributed by atoms with E-state index in [9.17, 15) is 9.59 Å². The first-order valence-electron chi connectivity index (χ1n) is 9.81. The number of nitrogens with zero attached hydrogens (tertiary/aromatic N) is 1. The fraction of sp³-hybridized carbons (Fsp3) is 0.391. The van der Waals surface area contributed by atoms with Crippen molar-refractivity contribution >= 4 is 35.0 Å². The molecule has 2 atom stereocenters. The van der Waals surface area contributed by atoms with Crippen molar-refractivity contribution in [1.82, 2.24) is 10.2 Å². The Bertz CT molecular complexity index is 849. The van der Waals surface area contributed by atoms with Crippen molar-refractivity contribution in [2.24, 2.45) is 0 Å². The highest BCUT2D eigenvalue weighted by Crippen LogP contribution is 2.26. The van der Waals surface area contributed by atoms with E-state index < -0.39 is 6.04 Å². The summed E-state index contributed by atoms with van der Waals surface area (Å²) in [6.45, 7) is 8.03. The molecule has 0 unspecified atom stereocenters. The molecule has 0 aliphatic carbocycles. The average Bonchev–Trinajstić information content (AvgIpc) is 2.69. The number of benzene rings is 2. The van der Waals surface area contributed by atoms with Crippen LogP contribution in [0, 0.1) is 6.92 Å². The molecule has 2 rings (SSSR count). The third-order valence-corrected chi connectivity index (χ3v) is 5.87. The SMILES string of the molecule is CC[C@H](C)NC(=O)[C@@H](C)N(Cc1ccccc1C)C(=O)Cc1c(Cl)cccc1Cl. The number of hydrogen-bond acceptors (Lipinski definition) is 2. The zero-order valence-electron chi connectivity index (χ0n) is 17.3. The fourth-order valence-electron chi connectivity index (χ4n) is 2.97. The van der Waals surface area contributed by atoms with Gasteiger partial charge in [0, 0.05) is 22.6 Å². The summed E-state index contributed by atoms with van der Waals surface area (Å²) < 4.78 is 0. The van der Waals surface area contributed by atoms with Gasteiger partial charge in [-0.3, -0.25) is 9.59 Å². The zero-order valence-corrected chi connectivity index (χ0v) is 18.8. The summed E-state index contributed by atoms with van der Waals surface area (Å²) in [4.78, 5) is 27.6. The largest absolute Gasteiger partial charge is 0.352 e. The lowest BCUT2D eigenvalue weighted by molar-refractivity contribution is -0.140. The Hall–Kier alpha value is -2.04. The number of rotatable bonds is 8. The molecular formula is C23H28Cl2N2O2. The second kappa shape index (κ2) is 10.7. The van der Waals surface area contributed by atoms with Crippen LogP contribution < -0.4 is 5.32 Å². The van der Waals surface area contributed by atoms with Crippen LogP contribution >= 0.6 is 23.2 Å². The molecule has 0 heterocycles. The molecule has 2 amide bonds. The van der Waals surface area contributed by atoms with E-state index in [0.29, 0.717) is 22.2 Å². The molecule has 0 radical (unpaired) electrons. The third kappa shape index (κ3) is 6.22. The predicted octanol–water partition coefficient (Wildman–Crippen LogP) is 5.18. The van der Waals surface area contributed by atoms with E-state index in [1.54, 1.807) is 30.0 Å². The van der Waals surface area contributed by atoms with Crippen LogP contribution in [0.1, 0.15) is 43.9 Å². The molecule has 0 saturated carbocycles. The molecule has 0 fully saturated rings. The van der Waals surface area contributed by atoms with Gasteiger partial charge in [0.25, 0.3) is 0 Å². The molecule has 0 aliphatic heterocycles. The second-order valence-corrected chi connectivity index (χ2v) is 8.13. The molecule has 156 valence electrons. The molecule has 0 bridgehead atoms. The number of carbonyl (C=O) groups is 2. The first kappa shape index (κ1) is 23.2. The smallest absolute Gasteiger partial charge is 0.242 e. The monoisotopic (exact) mass is 434 g/mol. The van der Waals surface area contributed by atoms with E-state index in [1.807, 2.05) is 45.0 Å². The normalized spacial score (nSPS) is 12.9. The Morgan fingerprint density at radius 2 is 1.66 bits per heavy atom. The molecule has 6 heteroatoms. The van der Waals surface area contributed by atoms with Gasteiger partial charge < -0.3 is 10.2 Å². The number of aryl methyl sites for hydroxylation is 1. The summed E-state index contributed by atoms with van der Waals surface area (Å²) in [5.74, 6) is -0.374. The van der Waals surface area contributed by atoms with Gasteiger partial charge in [0.15, 0.2) is 0 Å². The fourth-order valence-corrected chi connectivity index (χ4v) is 3.50. The van der Waals surface area contributed by atoms with Gasteiger partial charge in [-0.2, -0.15) is 0 Å². The van der Waals surface area contributed by atoms with Crippen LogP contribution in [0.2, 0.25) is 10.0 Å². The number of carbonyl (C=O) groups excluding carboxylic acids is 2. The van der Waals surface area contributed by atoms with Crippen LogP contribution in [0.15, 0.2) is 42.5 Å². The van der Waals surface area contributed by atoms with E-state index in [2.05, 4.69) is 5.32 Å². The standard InChI is InChI=1S/C23H28Cl2N2O2/c1-5-16(3)26-23(29)17(4)27(14-18-10-7-6-9-15(18)2)22(28)13-19-20(24)11-8-12-21(19)25/h6-12,16-17H,5,13-14H2,1-4H3,(H,26,29)/t16-,17+/m0/s1. The topological polar surface area (TPSA) is 49.4 Å². The number of amides is 2. The van der Waals surface area contributed by atoms with Gasteiger partial charge in [0.2, 0.25) is 11.8 Å². The summed E-state index contributed by atoms with van der Waals surface area (Å²) in [6, 6.07) is 12.4. The van der Waals surface area contributed by atoms with Gasteiger partial charge in [-0.1, -0.05) is 60.5 Å². The minimum Gasteiger partial charge on any atom is -0.352 e. The van der Waals surface area contributed by atoms with Crippen LogP contribution in [0.25, 0.3) is 0 Å². The Balaban J connectivity index is 2.31. The Labute approximate surface area is 183 Å². The first-order chi connectivity index (χ1) is 13.7. The summed E-state index contributed by atoms with van der Waals surface area (Å²) in [5, 5.41) is 3.85. The van der Waals surface area contributed by atoms with Crippen LogP contribution in [0.4, 0.5) is 0 Å². The molecule has 2 aromatic carbocycles. The summed E-state index contributed by atoms with van der Waals surface area (Å²) in [5.41, 5.74) is 2.63. The molecule has 0 aliphatic rings. The maximum Gasteiger partial charge on any atom is 0.242 e. The van der Waals surface area contributed by atoms with Crippen molar-refractivity contribution in [3.63, 3.8) is 0 Å². The number of halogens is 2. The number of nitrogens with one attached hydrogen (secondary N) is 1. The highest BCUT2D eigenvalue weighted by atomic mass is 35.5. The zero-order chi connectivity index (χ0) is 21.6. The molecule has 0 saturated heterocycles. The lowest BCUT2D eigenvalue weighted by atomic mass is 10.1. The third-order valence-electron chi connectivity index (χ3n) is 5.16. The Morgan fingerprint density at radius 1 is 1.03 bits per heavy atom. The molecule has 0 aromatic heterocycles. The van der Waals surface area contributed by atoms with Crippen molar-refractivity contribution in [2.75, 3.05) is 0 Å². The van der Waals surface area contributed by atoms with Crippen LogP contribution in [-0.2, 0) is 22.6 Å². The maximum absolute atomic E-state index is 13.3. The summed E-state index contributed by atoms with van der Waals surface area (Å²) in [6.07, 6.45) is 0.852. The quantitative estimate of drug-likeness (QED) is 0.622. The van der Waals surface area contributed by atoms with Crippen LogP contribution in [-0.4, -0.2) is 28.8 Å². The van der Waals surface area contributed by atoms with Crippen molar-refractivity contribution in [3.05, 3.63) is 69.2 Å². The van der Waals surface area contributed by atoms with Gasteiger partial charge in [0.05, 0.1) is 6.42 Å². The van der Waals surface area contributed by atoms with Crippen molar-refractivity contribution in [1.29, 1.82) is 0 Å². The van der Waals surface area contributed by atoms with Gasteiger partial charge in [-0.15, -0.1) is 0 Å². The van der Waals surface area contributed by atoms with E-state index in [1.165, 1.54) is 0 Å². The predicted molar refractivity (Wildman–Crippen MR) is 119 cm³/mol. The Kier molecular flexibility index (Phi) is 8.54. The van der Waals surface area contributed by atoms with Crippen LogP contribution in [0.5, 0.6) is 0 Å². The molecular weight excluding hydrogens is 407 g/mol. The van der Waals surface area contributed by atoms with Gasteiger partial charge in [-0.25, -0.2) is 0 Å². The lowest BCUT2D eigenvalue weighted by Gasteiger charge is -2.30. The minimum absolute atomic E-state index is 0.0331. The second-order valence-electron chi connectivity index (χ2n) is 7.32. The van der Waals surface area contributed by atoms with Crippen molar-refractivity contribution in [2.45, 2.75) is 59.2 Å². The van der Waals surface area contributed by atoms with Gasteiger partial charge >= 0.3 is 0 Å². The molecule has 2 aromatic rings.